The number of rotatable bonds is 5. The van der Waals surface area contributed by atoms with E-state index in [1.165, 1.54) is 23.0 Å². The van der Waals surface area contributed by atoms with Gasteiger partial charge in [0.05, 0.1) is 39.3 Å². The normalized spacial score (nSPS) is 15.5. The highest BCUT2D eigenvalue weighted by molar-refractivity contribution is 6.34. The van der Waals surface area contributed by atoms with E-state index < -0.39 is 17.3 Å². The molecular weight excluding hydrogens is 590 g/mol. The maximum atomic E-state index is 15.5. The molecule has 1 amide bonds. The Labute approximate surface area is 256 Å². The molecule has 0 spiro atoms. The van der Waals surface area contributed by atoms with Gasteiger partial charge in [0.1, 0.15) is 11.4 Å². The number of anilines is 1. The highest BCUT2D eigenvalue weighted by Gasteiger charge is 2.31. The van der Waals surface area contributed by atoms with E-state index in [4.69, 9.17) is 21.0 Å². The molecule has 1 atom stereocenters. The number of amides is 1. The van der Waals surface area contributed by atoms with Crippen molar-refractivity contribution < 1.29 is 18.0 Å². The van der Waals surface area contributed by atoms with Crippen LogP contribution in [0, 0.1) is 18.6 Å². The van der Waals surface area contributed by atoms with Crippen LogP contribution in [0.15, 0.2) is 58.6 Å². The van der Waals surface area contributed by atoms with Gasteiger partial charge in [-0.25, -0.2) is 23.1 Å². The first kappa shape index (κ1) is 29.4. The predicted octanol–water partition coefficient (Wildman–Crippen LogP) is 6.18. The molecule has 1 aromatic carbocycles. The van der Waals surface area contributed by atoms with Crippen molar-refractivity contribution in [3.05, 3.63) is 87.8 Å². The lowest BCUT2D eigenvalue weighted by Gasteiger charge is -2.40. The quantitative estimate of drug-likeness (QED) is 0.217. The molecule has 0 bridgehead atoms. The molecule has 9 nitrogen and oxygen atoms in total. The lowest BCUT2D eigenvalue weighted by atomic mass is 10.0. The smallest absolute Gasteiger partial charge is 0.355 e. The molecule has 0 aliphatic carbocycles. The maximum Gasteiger partial charge on any atom is 0.355 e. The third-order valence-corrected chi connectivity index (χ3v) is 8.27. The molecule has 4 aromatic heterocycles. The number of carbonyl (C=O) groups excluding carboxylic acids is 1. The Morgan fingerprint density at radius 3 is 2.68 bits per heavy atom. The molecule has 0 unspecified atom stereocenters. The first-order valence-corrected chi connectivity index (χ1v) is 14.5. The molecule has 0 radical (unpaired) electrons. The number of pyridine rings is 2. The Morgan fingerprint density at radius 1 is 1.20 bits per heavy atom. The Bertz CT molecular complexity index is 2040. The molecule has 1 aliphatic heterocycles. The molecule has 12 heteroatoms. The van der Waals surface area contributed by atoms with Gasteiger partial charge in [0.15, 0.2) is 17.3 Å². The van der Waals surface area contributed by atoms with Gasteiger partial charge in [-0.1, -0.05) is 32.0 Å². The minimum atomic E-state index is -1.18. The topological polar surface area (TPSA) is 97.4 Å². The first-order valence-electron chi connectivity index (χ1n) is 14.1. The highest BCUT2D eigenvalue weighted by atomic mass is 35.5. The summed E-state index contributed by atoms with van der Waals surface area (Å²) in [7, 11) is 0. The fourth-order valence-corrected chi connectivity index (χ4v) is 6.10. The maximum absolute atomic E-state index is 15.5. The fraction of sp³-hybridized carbons (Fsp3) is 0.281. The van der Waals surface area contributed by atoms with E-state index in [1.807, 2.05) is 32.6 Å². The van der Waals surface area contributed by atoms with Gasteiger partial charge in [-0.3, -0.25) is 9.78 Å². The number of piperazine rings is 1. The van der Waals surface area contributed by atoms with Crippen LogP contribution >= 0.6 is 11.6 Å². The molecule has 0 saturated carbocycles. The summed E-state index contributed by atoms with van der Waals surface area (Å²) in [5, 5.41) is 0.753. The third kappa shape index (κ3) is 4.71. The van der Waals surface area contributed by atoms with Gasteiger partial charge in [0.2, 0.25) is 5.91 Å². The van der Waals surface area contributed by atoms with E-state index in [9.17, 15) is 14.0 Å². The number of benzene rings is 1. The fourth-order valence-electron chi connectivity index (χ4n) is 5.85. The van der Waals surface area contributed by atoms with Crippen LogP contribution in [0.1, 0.15) is 37.9 Å². The van der Waals surface area contributed by atoms with Gasteiger partial charge < -0.3 is 14.2 Å². The molecule has 1 fully saturated rings. The Balaban J connectivity index is 1.68. The molecule has 6 rings (SSSR count). The molecule has 44 heavy (non-hydrogen) atoms. The third-order valence-electron chi connectivity index (χ3n) is 7.98. The van der Waals surface area contributed by atoms with E-state index >= 15 is 4.39 Å². The second kappa shape index (κ2) is 11.1. The largest absolute Gasteiger partial charge is 0.464 e. The second-order valence-electron chi connectivity index (χ2n) is 11.2. The van der Waals surface area contributed by atoms with Crippen molar-refractivity contribution in [1.82, 2.24) is 24.4 Å². The summed E-state index contributed by atoms with van der Waals surface area (Å²) in [5.74, 6) is -2.21. The number of nitrogens with zero attached hydrogens (tertiary/aromatic N) is 6. The SMILES string of the molecule is C=CC(=O)N1CCN(c2nc(=O)n(-c3c(C)ccnc3C(C)C)c3nc(-c4c(F)c(F)cc5ccoc45)c(Cl)cc23)[C@@H](C)C1. The summed E-state index contributed by atoms with van der Waals surface area (Å²) in [6.45, 7) is 12.4. The van der Waals surface area contributed by atoms with Crippen LogP contribution in [0.25, 0.3) is 38.9 Å². The molecule has 5 heterocycles. The summed E-state index contributed by atoms with van der Waals surface area (Å²) in [4.78, 5) is 43.8. The van der Waals surface area contributed by atoms with E-state index in [-0.39, 0.29) is 45.4 Å². The average molecular weight is 619 g/mol. The summed E-state index contributed by atoms with van der Waals surface area (Å²) >= 11 is 6.81. The van der Waals surface area contributed by atoms with Crippen LogP contribution in [0.5, 0.6) is 0 Å². The Kier molecular flexibility index (Phi) is 7.44. The van der Waals surface area contributed by atoms with Crippen LogP contribution in [-0.4, -0.2) is 56.0 Å². The number of carbonyl (C=O) groups is 1. The van der Waals surface area contributed by atoms with Gasteiger partial charge in [-0.15, -0.1) is 0 Å². The summed E-state index contributed by atoms with van der Waals surface area (Å²) in [6.07, 6.45) is 4.26. The van der Waals surface area contributed by atoms with Crippen molar-refractivity contribution >= 4 is 45.3 Å². The van der Waals surface area contributed by atoms with Crippen molar-refractivity contribution in [2.75, 3.05) is 24.5 Å². The van der Waals surface area contributed by atoms with Gasteiger partial charge >= 0.3 is 5.69 Å². The number of hydrogen-bond acceptors (Lipinski definition) is 7. The predicted molar refractivity (Wildman–Crippen MR) is 165 cm³/mol. The number of aryl methyl sites for hydroxylation is 1. The van der Waals surface area contributed by atoms with Gasteiger partial charge in [-0.2, -0.15) is 4.98 Å². The Hall–Kier alpha value is -4.64. The number of hydrogen-bond donors (Lipinski definition) is 0. The van der Waals surface area contributed by atoms with Gasteiger partial charge in [0.25, 0.3) is 0 Å². The molecule has 1 saturated heterocycles. The van der Waals surface area contributed by atoms with Crippen LogP contribution in [0.3, 0.4) is 0 Å². The van der Waals surface area contributed by atoms with Crippen LogP contribution in [0.2, 0.25) is 5.02 Å². The zero-order valence-corrected chi connectivity index (χ0v) is 25.3. The average Bonchev–Trinajstić information content (AvgIpc) is 3.45. The minimum absolute atomic E-state index is 0.00747. The summed E-state index contributed by atoms with van der Waals surface area (Å²) in [6, 6.07) is 5.66. The van der Waals surface area contributed by atoms with Crippen LogP contribution in [0.4, 0.5) is 14.6 Å². The van der Waals surface area contributed by atoms with Gasteiger partial charge in [-0.05, 0) is 55.7 Å². The van der Waals surface area contributed by atoms with Crippen LogP contribution < -0.4 is 10.6 Å². The van der Waals surface area contributed by atoms with Crippen molar-refractivity contribution in [2.24, 2.45) is 0 Å². The lowest BCUT2D eigenvalue weighted by molar-refractivity contribution is -0.126. The van der Waals surface area contributed by atoms with E-state index in [0.29, 0.717) is 47.6 Å². The van der Waals surface area contributed by atoms with E-state index in [0.717, 1.165) is 11.6 Å². The van der Waals surface area contributed by atoms with Crippen molar-refractivity contribution in [3.63, 3.8) is 0 Å². The molecule has 226 valence electrons. The highest BCUT2D eigenvalue weighted by Crippen LogP contribution is 2.40. The zero-order valence-electron chi connectivity index (χ0n) is 24.6. The first-order chi connectivity index (χ1) is 21.0. The summed E-state index contributed by atoms with van der Waals surface area (Å²) < 4.78 is 37.2. The molecular formula is C32H29ClF2N6O3. The van der Waals surface area contributed by atoms with E-state index in [2.05, 4.69) is 16.5 Å². The standard InChI is InChI=1S/C32H29ClF2N6O3/c1-6-23(42)39-10-11-40(18(5)15-39)30-20-14-21(33)27(24-25(35)22(34)13-19-8-12-44-29(19)24)37-31(20)41(32(43)38-30)28-17(4)7-9-36-26(28)16(2)3/h6-9,12-14,16,18H,1,10-11,15H2,2-5H3/t18-/m0/s1. The van der Waals surface area contributed by atoms with Crippen LogP contribution in [-0.2, 0) is 4.79 Å². The monoisotopic (exact) mass is 618 g/mol. The number of fused-ring (bicyclic) bond motifs is 2. The lowest BCUT2D eigenvalue weighted by Crippen LogP contribution is -2.54. The van der Waals surface area contributed by atoms with E-state index in [1.54, 1.807) is 23.2 Å². The minimum Gasteiger partial charge on any atom is -0.464 e. The second-order valence-corrected chi connectivity index (χ2v) is 11.6. The van der Waals surface area contributed by atoms with Crippen molar-refractivity contribution in [3.8, 4) is 16.9 Å². The number of halogens is 3. The Morgan fingerprint density at radius 2 is 1.98 bits per heavy atom. The molecule has 1 aliphatic rings. The van der Waals surface area contributed by atoms with Crippen molar-refractivity contribution in [2.45, 2.75) is 39.7 Å². The van der Waals surface area contributed by atoms with Crippen molar-refractivity contribution in [1.29, 1.82) is 0 Å². The van der Waals surface area contributed by atoms with Gasteiger partial charge in [0, 0.05) is 37.3 Å². The summed E-state index contributed by atoms with van der Waals surface area (Å²) in [5.41, 5.74) is 1.09. The molecule has 5 aromatic rings. The zero-order chi connectivity index (χ0) is 31.4. The number of furan rings is 1. The number of aromatic nitrogens is 4. The molecule has 0 N–H and O–H groups in total.